The Morgan fingerprint density at radius 3 is 2.64 bits per heavy atom. The van der Waals surface area contributed by atoms with Crippen LogP contribution in [0.15, 0.2) is 53.3 Å². The van der Waals surface area contributed by atoms with E-state index in [2.05, 4.69) is 19.2 Å². The Hall–Kier alpha value is -2.66. The van der Waals surface area contributed by atoms with Crippen molar-refractivity contribution in [2.24, 2.45) is 0 Å². The number of benzene rings is 2. The molecule has 0 saturated carbocycles. The molecule has 3 aromatic rings. The van der Waals surface area contributed by atoms with E-state index in [0.717, 1.165) is 30.0 Å². The summed E-state index contributed by atoms with van der Waals surface area (Å²) in [6.07, 6.45) is 1.07. The summed E-state index contributed by atoms with van der Waals surface area (Å²) in [7, 11) is 1.62. The van der Waals surface area contributed by atoms with Gasteiger partial charge in [0, 0.05) is 0 Å². The van der Waals surface area contributed by atoms with Crippen molar-refractivity contribution in [2.45, 2.75) is 26.3 Å². The second-order valence-corrected chi connectivity index (χ2v) is 6.11. The summed E-state index contributed by atoms with van der Waals surface area (Å²) in [4.78, 5) is 18.1. The van der Waals surface area contributed by atoms with Crippen molar-refractivity contribution in [1.29, 1.82) is 0 Å². The summed E-state index contributed by atoms with van der Waals surface area (Å²) in [5.41, 5.74) is 1.38. The number of nitrogens with zero attached hydrogens (tertiary/aromatic N) is 2. The van der Waals surface area contributed by atoms with Gasteiger partial charge in [0.25, 0.3) is 5.56 Å². The lowest BCUT2D eigenvalue weighted by atomic mass is 10.2. The van der Waals surface area contributed by atoms with Gasteiger partial charge in [-0.25, -0.2) is 4.98 Å². The van der Waals surface area contributed by atoms with Crippen LogP contribution in [-0.2, 0) is 0 Å². The maximum atomic E-state index is 13.2. The van der Waals surface area contributed by atoms with Crippen molar-refractivity contribution in [3.8, 4) is 11.4 Å². The summed E-state index contributed by atoms with van der Waals surface area (Å²) in [5, 5.41) is 2.82. The Bertz CT molecular complexity index is 934. The van der Waals surface area contributed by atoms with Crippen molar-refractivity contribution in [1.82, 2.24) is 9.55 Å². The predicted octanol–water partition coefficient (Wildman–Crippen LogP) is 2.43. The molecule has 0 amide bonds. The Kier molecular flexibility index (Phi) is 5.14. The van der Waals surface area contributed by atoms with Gasteiger partial charge in [-0.3, -0.25) is 9.36 Å². The highest BCUT2D eigenvalue weighted by Gasteiger charge is 2.21. The number of fused-ring (bicyclic) bond motifs is 1. The smallest absolute Gasteiger partial charge is 0.266 e. The molecule has 0 bridgehead atoms. The number of para-hydroxylation sites is 3. The lowest BCUT2D eigenvalue weighted by molar-refractivity contribution is -0.693. The SMILES string of the molecule is CCC[NH2+][C@@H](C)c1nc2ccccc2c(=O)n1-c1ccccc1OC. The van der Waals surface area contributed by atoms with Gasteiger partial charge in [0.15, 0.2) is 5.82 Å². The first-order chi connectivity index (χ1) is 12.2. The maximum absolute atomic E-state index is 13.2. The molecule has 0 saturated heterocycles. The lowest BCUT2D eigenvalue weighted by Crippen LogP contribution is -2.85. The number of methoxy groups -OCH3 is 1. The molecule has 130 valence electrons. The molecule has 1 aromatic heterocycles. The minimum absolute atomic E-state index is 0.0576. The van der Waals surface area contributed by atoms with E-state index < -0.39 is 0 Å². The molecule has 2 aromatic carbocycles. The van der Waals surface area contributed by atoms with E-state index in [1.54, 1.807) is 11.7 Å². The number of rotatable bonds is 6. The van der Waals surface area contributed by atoms with Gasteiger partial charge in [0.2, 0.25) is 0 Å². The average molecular weight is 338 g/mol. The summed E-state index contributed by atoms with van der Waals surface area (Å²) in [6.45, 7) is 5.21. The molecule has 0 radical (unpaired) electrons. The third kappa shape index (κ3) is 3.28. The van der Waals surface area contributed by atoms with Crippen LogP contribution in [0.25, 0.3) is 16.6 Å². The molecule has 5 heteroatoms. The molecule has 0 aliphatic rings. The summed E-state index contributed by atoms with van der Waals surface area (Å²) in [5.74, 6) is 1.40. The maximum Gasteiger partial charge on any atom is 0.266 e. The number of ether oxygens (including phenoxy) is 1. The van der Waals surface area contributed by atoms with Gasteiger partial charge in [-0.2, -0.15) is 0 Å². The van der Waals surface area contributed by atoms with Crippen LogP contribution in [0.5, 0.6) is 5.75 Å². The van der Waals surface area contributed by atoms with Crippen LogP contribution < -0.4 is 15.6 Å². The van der Waals surface area contributed by atoms with Crippen LogP contribution in [0.4, 0.5) is 0 Å². The van der Waals surface area contributed by atoms with Gasteiger partial charge in [-0.1, -0.05) is 31.2 Å². The van der Waals surface area contributed by atoms with E-state index in [4.69, 9.17) is 9.72 Å². The molecular formula is C20H24N3O2+. The minimum atomic E-state index is -0.0677. The Morgan fingerprint density at radius 1 is 1.16 bits per heavy atom. The Labute approximate surface area is 147 Å². The average Bonchev–Trinajstić information content (AvgIpc) is 2.66. The molecule has 0 aliphatic heterocycles. The van der Waals surface area contributed by atoms with Crippen molar-refractivity contribution < 1.29 is 10.1 Å². The highest BCUT2D eigenvalue weighted by Crippen LogP contribution is 2.24. The summed E-state index contributed by atoms with van der Waals surface area (Å²) in [6, 6.07) is 15.1. The van der Waals surface area contributed by atoms with Crippen molar-refractivity contribution in [3.05, 3.63) is 64.7 Å². The molecule has 0 unspecified atom stereocenters. The van der Waals surface area contributed by atoms with Gasteiger partial charge in [-0.05, 0) is 37.6 Å². The fourth-order valence-electron chi connectivity index (χ4n) is 3.02. The van der Waals surface area contributed by atoms with Gasteiger partial charge in [0.1, 0.15) is 11.8 Å². The van der Waals surface area contributed by atoms with Crippen molar-refractivity contribution in [3.63, 3.8) is 0 Å². The molecule has 25 heavy (non-hydrogen) atoms. The van der Waals surface area contributed by atoms with Crippen LogP contribution in [0.2, 0.25) is 0 Å². The second kappa shape index (κ2) is 7.49. The fourth-order valence-corrected chi connectivity index (χ4v) is 3.02. The number of aromatic nitrogens is 2. The Morgan fingerprint density at radius 2 is 1.88 bits per heavy atom. The standard InChI is InChI=1S/C20H23N3O2/c1-4-13-21-14(2)19-22-16-10-6-5-9-15(16)20(24)23(19)17-11-7-8-12-18(17)25-3/h5-12,14,21H,4,13H2,1-3H3/p+1/t14-/m0/s1. The topological polar surface area (TPSA) is 60.7 Å². The van der Waals surface area contributed by atoms with E-state index in [1.165, 1.54) is 0 Å². The van der Waals surface area contributed by atoms with E-state index >= 15 is 0 Å². The molecule has 2 N–H and O–H groups in total. The number of nitrogens with two attached hydrogens (primary N) is 1. The highest BCUT2D eigenvalue weighted by molar-refractivity contribution is 5.78. The van der Waals surface area contributed by atoms with E-state index in [9.17, 15) is 4.79 Å². The number of hydrogen-bond acceptors (Lipinski definition) is 3. The first-order valence-electron chi connectivity index (χ1n) is 8.65. The molecule has 0 fully saturated rings. The molecule has 1 heterocycles. The van der Waals surface area contributed by atoms with Crippen LogP contribution in [0, 0.1) is 0 Å². The van der Waals surface area contributed by atoms with Gasteiger partial charge in [0.05, 0.1) is 30.2 Å². The third-order valence-corrected chi connectivity index (χ3v) is 4.34. The van der Waals surface area contributed by atoms with Crippen molar-refractivity contribution in [2.75, 3.05) is 13.7 Å². The monoisotopic (exact) mass is 338 g/mol. The highest BCUT2D eigenvalue weighted by atomic mass is 16.5. The van der Waals surface area contributed by atoms with Crippen LogP contribution in [0.1, 0.15) is 32.1 Å². The van der Waals surface area contributed by atoms with Crippen LogP contribution >= 0.6 is 0 Å². The molecular weight excluding hydrogens is 314 g/mol. The quantitative estimate of drug-likeness (QED) is 0.751. The first-order valence-corrected chi connectivity index (χ1v) is 8.65. The fraction of sp³-hybridized carbons (Fsp3) is 0.300. The van der Waals surface area contributed by atoms with Gasteiger partial charge in [-0.15, -0.1) is 0 Å². The molecule has 3 rings (SSSR count). The predicted molar refractivity (Wildman–Crippen MR) is 99.4 cm³/mol. The van der Waals surface area contributed by atoms with Crippen LogP contribution in [0.3, 0.4) is 0 Å². The van der Waals surface area contributed by atoms with E-state index in [0.29, 0.717) is 11.1 Å². The minimum Gasteiger partial charge on any atom is -0.495 e. The molecule has 5 nitrogen and oxygen atoms in total. The summed E-state index contributed by atoms with van der Waals surface area (Å²) >= 11 is 0. The third-order valence-electron chi connectivity index (χ3n) is 4.34. The van der Waals surface area contributed by atoms with Gasteiger partial charge >= 0.3 is 0 Å². The van der Waals surface area contributed by atoms with Crippen LogP contribution in [-0.4, -0.2) is 23.2 Å². The van der Waals surface area contributed by atoms with E-state index in [1.807, 2.05) is 48.5 Å². The normalized spacial score (nSPS) is 12.3. The van der Waals surface area contributed by atoms with E-state index in [-0.39, 0.29) is 11.6 Å². The first kappa shape index (κ1) is 17.2. The zero-order valence-electron chi connectivity index (χ0n) is 14.9. The number of hydrogen-bond donors (Lipinski definition) is 1. The molecule has 0 spiro atoms. The summed E-state index contributed by atoms with van der Waals surface area (Å²) < 4.78 is 7.18. The number of quaternary nitrogens is 1. The largest absolute Gasteiger partial charge is 0.495 e. The Balaban J connectivity index is 2.31. The lowest BCUT2D eigenvalue weighted by Gasteiger charge is -2.19. The second-order valence-electron chi connectivity index (χ2n) is 6.11. The van der Waals surface area contributed by atoms with Gasteiger partial charge < -0.3 is 10.1 Å². The zero-order chi connectivity index (χ0) is 17.8. The van der Waals surface area contributed by atoms with Crippen molar-refractivity contribution >= 4 is 10.9 Å². The zero-order valence-corrected chi connectivity index (χ0v) is 14.9. The molecule has 1 atom stereocenters. The molecule has 0 aliphatic carbocycles.